The Kier molecular flexibility index (Phi) is 4.42. The Morgan fingerprint density at radius 1 is 1.59 bits per heavy atom. The number of hydrogen-bond donors (Lipinski definition) is 1. The van der Waals surface area contributed by atoms with Gasteiger partial charge in [-0.15, -0.1) is 0 Å². The Balaban J connectivity index is 2.08. The Hall–Kier alpha value is -1.04. The van der Waals surface area contributed by atoms with Gasteiger partial charge in [-0.05, 0) is 13.6 Å². The Bertz CT molecular complexity index is 333. The molecule has 0 aromatic carbocycles. The summed E-state index contributed by atoms with van der Waals surface area (Å²) in [5.41, 5.74) is 0.943. The molecule has 1 aliphatic heterocycles. The molecule has 1 fully saturated rings. The normalized spacial score (nSPS) is 23.5. The quantitative estimate of drug-likeness (QED) is 0.823. The van der Waals surface area contributed by atoms with Crippen molar-refractivity contribution < 1.29 is 4.74 Å². The molecule has 0 saturated carbocycles. The SMILES string of the molecule is CCN1CCOC(C(NC)c2cnccn2)C1. The molecule has 1 N–H and O–H groups in total. The van der Waals surface area contributed by atoms with Crippen LogP contribution in [-0.4, -0.2) is 54.3 Å². The molecule has 0 amide bonds. The highest BCUT2D eigenvalue weighted by molar-refractivity contribution is 5.05. The summed E-state index contributed by atoms with van der Waals surface area (Å²) >= 11 is 0. The standard InChI is InChI=1S/C12H20N4O/c1-3-16-6-7-17-11(9-16)12(13-2)10-8-14-4-5-15-10/h4-5,8,11-13H,3,6-7,9H2,1-2H3. The summed E-state index contributed by atoms with van der Waals surface area (Å²) in [6, 6.07) is 0.109. The number of rotatable bonds is 4. The van der Waals surface area contributed by atoms with Gasteiger partial charge in [0, 0.05) is 25.5 Å². The highest BCUT2D eigenvalue weighted by atomic mass is 16.5. The Labute approximate surface area is 102 Å². The van der Waals surface area contributed by atoms with Crippen molar-refractivity contribution in [1.29, 1.82) is 0 Å². The smallest absolute Gasteiger partial charge is 0.0912 e. The summed E-state index contributed by atoms with van der Waals surface area (Å²) in [4.78, 5) is 10.9. The molecule has 0 spiro atoms. The van der Waals surface area contributed by atoms with Gasteiger partial charge < -0.3 is 10.1 Å². The minimum atomic E-state index is 0.109. The number of morpholine rings is 1. The Morgan fingerprint density at radius 2 is 2.47 bits per heavy atom. The van der Waals surface area contributed by atoms with E-state index >= 15 is 0 Å². The van der Waals surface area contributed by atoms with Crippen LogP contribution in [0.4, 0.5) is 0 Å². The molecular formula is C12H20N4O. The van der Waals surface area contributed by atoms with Crippen LogP contribution in [0.2, 0.25) is 0 Å². The second-order valence-electron chi connectivity index (χ2n) is 4.20. The predicted molar refractivity (Wildman–Crippen MR) is 65.7 cm³/mol. The first-order valence-electron chi connectivity index (χ1n) is 6.12. The van der Waals surface area contributed by atoms with Gasteiger partial charge in [0.05, 0.1) is 30.6 Å². The molecule has 0 radical (unpaired) electrons. The second kappa shape index (κ2) is 6.05. The zero-order valence-electron chi connectivity index (χ0n) is 10.5. The first-order chi connectivity index (χ1) is 8.35. The lowest BCUT2D eigenvalue weighted by Crippen LogP contribution is -2.47. The average Bonchev–Trinajstić information content (AvgIpc) is 2.41. The molecule has 5 heteroatoms. The molecule has 0 bridgehead atoms. The number of nitrogens with zero attached hydrogens (tertiary/aromatic N) is 3. The highest BCUT2D eigenvalue weighted by Gasteiger charge is 2.28. The Morgan fingerprint density at radius 3 is 3.12 bits per heavy atom. The third kappa shape index (κ3) is 3.00. The van der Waals surface area contributed by atoms with Crippen LogP contribution in [0.1, 0.15) is 18.7 Å². The van der Waals surface area contributed by atoms with Crippen LogP contribution in [0.25, 0.3) is 0 Å². The summed E-state index contributed by atoms with van der Waals surface area (Å²) in [6.07, 6.45) is 5.36. The van der Waals surface area contributed by atoms with E-state index in [0.717, 1.165) is 31.9 Å². The fraction of sp³-hybridized carbons (Fsp3) is 0.667. The number of likely N-dealkylation sites (N-methyl/N-ethyl adjacent to an activating group) is 2. The molecular weight excluding hydrogens is 216 g/mol. The first kappa shape index (κ1) is 12.4. The molecule has 2 heterocycles. The van der Waals surface area contributed by atoms with E-state index in [-0.39, 0.29) is 12.1 Å². The molecule has 1 aromatic rings. The lowest BCUT2D eigenvalue weighted by molar-refractivity contribution is -0.0451. The van der Waals surface area contributed by atoms with E-state index in [1.165, 1.54) is 0 Å². The third-order valence-electron chi connectivity index (χ3n) is 3.21. The maximum atomic E-state index is 5.85. The monoisotopic (exact) mass is 236 g/mol. The fourth-order valence-corrected chi connectivity index (χ4v) is 2.22. The first-order valence-corrected chi connectivity index (χ1v) is 6.12. The van der Waals surface area contributed by atoms with Crippen LogP contribution >= 0.6 is 0 Å². The molecule has 0 aliphatic carbocycles. The van der Waals surface area contributed by atoms with Gasteiger partial charge in [0.1, 0.15) is 0 Å². The molecule has 2 unspecified atom stereocenters. The van der Waals surface area contributed by atoms with Crippen molar-refractivity contribution in [2.75, 3.05) is 33.3 Å². The van der Waals surface area contributed by atoms with Crippen LogP contribution in [0.15, 0.2) is 18.6 Å². The van der Waals surface area contributed by atoms with Crippen LogP contribution in [0, 0.1) is 0 Å². The maximum absolute atomic E-state index is 5.85. The topological polar surface area (TPSA) is 50.3 Å². The van der Waals surface area contributed by atoms with Gasteiger partial charge in [-0.2, -0.15) is 0 Å². The van der Waals surface area contributed by atoms with Crippen LogP contribution in [-0.2, 0) is 4.74 Å². The maximum Gasteiger partial charge on any atom is 0.0912 e. The third-order valence-corrected chi connectivity index (χ3v) is 3.21. The number of aromatic nitrogens is 2. The van der Waals surface area contributed by atoms with Crippen LogP contribution in [0.5, 0.6) is 0 Å². The number of hydrogen-bond acceptors (Lipinski definition) is 5. The van der Waals surface area contributed by atoms with Crippen molar-refractivity contribution in [3.8, 4) is 0 Å². The van der Waals surface area contributed by atoms with Crippen molar-refractivity contribution >= 4 is 0 Å². The summed E-state index contributed by atoms with van der Waals surface area (Å²) in [6.45, 7) is 6.00. The van der Waals surface area contributed by atoms with E-state index in [1.807, 2.05) is 7.05 Å². The zero-order chi connectivity index (χ0) is 12.1. The summed E-state index contributed by atoms with van der Waals surface area (Å²) in [5, 5.41) is 3.28. The molecule has 5 nitrogen and oxygen atoms in total. The van der Waals surface area contributed by atoms with Gasteiger partial charge in [0.2, 0.25) is 0 Å². The highest BCUT2D eigenvalue weighted by Crippen LogP contribution is 2.19. The largest absolute Gasteiger partial charge is 0.374 e. The molecule has 17 heavy (non-hydrogen) atoms. The van der Waals surface area contributed by atoms with E-state index < -0.39 is 0 Å². The van der Waals surface area contributed by atoms with E-state index in [4.69, 9.17) is 4.74 Å². The van der Waals surface area contributed by atoms with Crippen molar-refractivity contribution in [1.82, 2.24) is 20.2 Å². The lowest BCUT2D eigenvalue weighted by atomic mass is 10.1. The van der Waals surface area contributed by atoms with E-state index in [1.54, 1.807) is 18.6 Å². The molecule has 2 rings (SSSR count). The fourth-order valence-electron chi connectivity index (χ4n) is 2.22. The minimum Gasteiger partial charge on any atom is -0.374 e. The summed E-state index contributed by atoms with van der Waals surface area (Å²) in [5.74, 6) is 0. The molecule has 94 valence electrons. The number of ether oxygens (including phenoxy) is 1. The summed E-state index contributed by atoms with van der Waals surface area (Å²) < 4.78 is 5.85. The molecule has 1 aromatic heterocycles. The van der Waals surface area contributed by atoms with Gasteiger partial charge in [0.25, 0.3) is 0 Å². The van der Waals surface area contributed by atoms with Gasteiger partial charge >= 0.3 is 0 Å². The van der Waals surface area contributed by atoms with E-state index in [0.29, 0.717) is 0 Å². The number of nitrogens with one attached hydrogen (secondary N) is 1. The van der Waals surface area contributed by atoms with Crippen LogP contribution in [0.3, 0.4) is 0 Å². The van der Waals surface area contributed by atoms with Gasteiger partial charge in [0.15, 0.2) is 0 Å². The average molecular weight is 236 g/mol. The van der Waals surface area contributed by atoms with Gasteiger partial charge in [-0.1, -0.05) is 6.92 Å². The minimum absolute atomic E-state index is 0.109. The second-order valence-corrected chi connectivity index (χ2v) is 4.20. The van der Waals surface area contributed by atoms with Crippen molar-refractivity contribution in [2.45, 2.75) is 19.1 Å². The van der Waals surface area contributed by atoms with Crippen molar-refractivity contribution in [2.24, 2.45) is 0 Å². The van der Waals surface area contributed by atoms with E-state index in [2.05, 4.69) is 27.1 Å². The molecule has 2 atom stereocenters. The van der Waals surface area contributed by atoms with Crippen molar-refractivity contribution in [3.05, 3.63) is 24.3 Å². The van der Waals surface area contributed by atoms with Crippen molar-refractivity contribution in [3.63, 3.8) is 0 Å². The predicted octanol–water partition coefficient (Wildman–Crippen LogP) is 0.458. The zero-order valence-corrected chi connectivity index (χ0v) is 10.5. The molecule has 1 aliphatic rings. The van der Waals surface area contributed by atoms with Crippen LogP contribution < -0.4 is 5.32 Å². The van der Waals surface area contributed by atoms with Gasteiger partial charge in [-0.3, -0.25) is 14.9 Å². The van der Waals surface area contributed by atoms with Gasteiger partial charge in [-0.25, -0.2) is 0 Å². The lowest BCUT2D eigenvalue weighted by Gasteiger charge is -2.36. The molecule has 1 saturated heterocycles. The van der Waals surface area contributed by atoms with E-state index in [9.17, 15) is 0 Å². The summed E-state index contributed by atoms with van der Waals surface area (Å²) in [7, 11) is 1.94.